The van der Waals surface area contributed by atoms with Crippen molar-refractivity contribution in [2.45, 2.75) is 25.8 Å². The molecule has 0 aliphatic heterocycles. The Kier molecular flexibility index (Phi) is 3.47. The molecule has 132 valence electrons. The molecule has 1 aliphatic rings. The summed E-state index contributed by atoms with van der Waals surface area (Å²) >= 11 is 0. The van der Waals surface area contributed by atoms with Gasteiger partial charge in [-0.05, 0) is 66.8 Å². The molecule has 2 N–H and O–H groups in total. The van der Waals surface area contributed by atoms with Crippen LogP contribution in [0.2, 0.25) is 0 Å². The molecule has 1 atom stereocenters. The molecule has 27 heavy (non-hydrogen) atoms. The maximum absolute atomic E-state index is 9.19. The number of benzene rings is 2. The largest absolute Gasteiger partial charge is 0.442 e. The zero-order chi connectivity index (χ0) is 18.4. The molecule has 0 amide bonds. The first kappa shape index (κ1) is 15.6. The van der Waals surface area contributed by atoms with Crippen LogP contribution in [0.5, 0.6) is 0 Å². The van der Waals surface area contributed by atoms with Crippen molar-refractivity contribution in [2.75, 3.05) is 5.32 Å². The van der Waals surface area contributed by atoms with Crippen LogP contribution in [0.3, 0.4) is 0 Å². The van der Waals surface area contributed by atoms with E-state index in [2.05, 4.69) is 45.6 Å². The molecule has 0 unspecified atom stereocenters. The minimum absolute atomic E-state index is 0.242. The van der Waals surface area contributed by atoms with Gasteiger partial charge >= 0.3 is 0 Å². The molecule has 0 saturated heterocycles. The summed E-state index contributed by atoms with van der Waals surface area (Å²) in [5.41, 5.74) is 7.24. The van der Waals surface area contributed by atoms with Crippen LogP contribution in [0.4, 0.5) is 5.69 Å². The molecular formula is C21H17N5O. The number of rotatable bonds is 3. The third-order valence-electron chi connectivity index (χ3n) is 5.22. The summed E-state index contributed by atoms with van der Waals surface area (Å²) in [6.45, 7) is 2.08. The number of aromatic nitrogens is 3. The average molecular weight is 355 g/mol. The lowest BCUT2D eigenvalue weighted by Gasteiger charge is -2.18. The Morgan fingerprint density at radius 2 is 2.22 bits per heavy atom. The van der Waals surface area contributed by atoms with Gasteiger partial charge in [-0.15, -0.1) is 0 Å². The van der Waals surface area contributed by atoms with E-state index in [1.165, 1.54) is 23.1 Å². The summed E-state index contributed by atoms with van der Waals surface area (Å²) in [6, 6.07) is 12.7. The molecule has 0 fully saturated rings. The Morgan fingerprint density at radius 1 is 1.30 bits per heavy atom. The smallest absolute Gasteiger partial charge is 0.181 e. The summed E-state index contributed by atoms with van der Waals surface area (Å²) in [6.07, 6.45) is 5.08. The van der Waals surface area contributed by atoms with Gasteiger partial charge in [0, 0.05) is 11.1 Å². The summed E-state index contributed by atoms with van der Waals surface area (Å²) < 4.78 is 5.40. The van der Waals surface area contributed by atoms with Gasteiger partial charge in [-0.3, -0.25) is 5.10 Å². The Balaban J connectivity index is 1.50. The van der Waals surface area contributed by atoms with E-state index in [-0.39, 0.29) is 6.04 Å². The second-order valence-corrected chi connectivity index (χ2v) is 6.91. The van der Waals surface area contributed by atoms with Crippen molar-refractivity contribution >= 4 is 16.6 Å². The highest BCUT2D eigenvalue weighted by molar-refractivity contribution is 5.93. The number of oxazole rings is 1. The molecule has 0 spiro atoms. The maximum Gasteiger partial charge on any atom is 0.181 e. The monoisotopic (exact) mass is 355 g/mol. The minimum atomic E-state index is 0.242. The molecule has 2 aromatic heterocycles. The van der Waals surface area contributed by atoms with Crippen molar-refractivity contribution in [3.8, 4) is 17.5 Å². The fourth-order valence-corrected chi connectivity index (χ4v) is 4.06. The highest BCUT2D eigenvalue weighted by Gasteiger charge is 2.25. The fraction of sp³-hybridized carbons (Fsp3) is 0.190. The van der Waals surface area contributed by atoms with E-state index in [1.807, 2.05) is 18.2 Å². The van der Waals surface area contributed by atoms with Crippen molar-refractivity contribution in [3.63, 3.8) is 0 Å². The Hall–Kier alpha value is -3.59. The molecule has 6 heteroatoms. The first-order valence-corrected chi connectivity index (χ1v) is 8.90. The van der Waals surface area contributed by atoms with E-state index >= 15 is 0 Å². The van der Waals surface area contributed by atoms with E-state index < -0.39 is 0 Å². The van der Waals surface area contributed by atoms with Crippen molar-refractivity contribution in [2.24, 2.45) is 0 Å². The van der Waals surface area contributed by atoms with Crippen LogP contribution in [0, 0.1) is 18.3 Å². The van der Waals surface area contributed by atoms with Gasteiger partial charge in [0.15, 0.2) is 12.2 Å². The van der Waals surface area contributed by atoms with Gasteiger partial charge < -0.3 is 9.73 Å². The molecule has 5 rings (SSSR count). The third kappa shape index (κ3) is 2.56. The SMILES string of the molecule is Cc1cc(C#N)cc2c1[C@@H](Nc1ccc3[nH]nc(-c4cnco4)c3c1)CC2. The number of hydrogen-bond donors (Lipinski definition) is 2. The Labute approximate surface area is 155 Å². The number of fused-ring (bicyclic) bond motifs is 2. The normalized spacial score (nSPS) is 15.6. The maximum atomic E-state index is 9.19. The molecule has 0 bridgehead atoms. The number of hydrogen-bond acceptors (Lipinski definition) is 5. The fourth-order valence-electron chi connectivity index (χ4n) is 4.06. The van der Waals surface area contributed by atoms with Crippen LogP contribution in [-0.2, 0) is 6.42 Å². The molecule has 4 aromatic rings. The molecule has 0 saturated carbocycles. The van der Waals surface area contributed by atoms with Crippen LogP contribution in [0.25, 0.3) is 22.4 Å². The van der Waals surface area contributed by atoms with Crippen molar-refractivity contribution < 1.29 is 4.42 Å². The standard InChI is InChI=1S/C21H17N5O/c1-12-6-13(9-22)7-14-2-4-18(20(12)14)24-15-3-5-17-16(8-15)21(26-25-17)19-10-23-11-27-19/h3,5-8,10-11,18,24H,2,4H2,1H3,(H,25,26)/t18-/m0/s1. The summed E-state index contributed by atoms with van der Waals surface area (Å²) in [4.78, 5) is 3.98. The van der Waals surface area contributed by atoms with E-state index in [1.54, 1.807) is 6.20 Å². The summed E-state index contributed by atoms with van der Waals surface area (Å²) in [5.74, 6) is 0.643. The number of aromatic amines is 1. The number of nitriles is 1. The lowest BCUT2D eigenvalue weighted by atomic mass is 9.99. The molecule has 0 radical (unpaired) electrons. The van der Waals surface area contributed by atoms with Gasteiger partial charge in [0.2, 0.25) is 0 Å². The lowest BCUT2D eigenvalue weighted by Crippen LogP contribution is -2.08. The molecule has 2 aromatic carbocycles. The topological polar surface area (TPSA) is 90.5 Å². The van der Waals surface area contributed by atoms with Gasteiger partial charge in [0.05, 0.1) is 29.4 Å². The van der Waals surface area contributed by atoms with Crippen molar-refractivity contribution in [1.82, 2.24) is 15.2 Å². The summed E-state index contributed by atoms with van der Waals surface area (Å²) in [7, 11) is 0. The third-order valence-corrected chi connectivity index (χ3v) is 5.22. The Bertz CT molecular complexity index is 1180. The zero-order valence-corrected chi connectivity index (χ0v) is 14.8. The van der Waals surface area contributed by atoms with Gasteiger partial charge in [-0.1, -0.05) is 0 Å². The van der Waals surface area contributed by atoms with Crippen LogP contribution < -0.4 is 5.32 Å². The number of nitrogens with one attached hydrogen (secondary N) is 2. The van der Waals surface area contributed by atoms with Crippen LogP contribution in [0.15, 0.2) is 47.3 Å². The highest BCUT2D eigenvalue weighted by atomic mass is 16.3. The van der Waals surface area contributed by atoms with Crippen LogP contribution in [-0.4, -0.2) is 15.2 Å². The van der Waals surface area contributed by atoms with Gasteiger partial charge in [-0.25, -0.2) is 4.98 Å². The second kappa shape index (κ2) is 5.99. The Morgan fingerprint density at radius 3 is 3.04 bits per heavy atom. The predicted molar refractivity (Wildman–Crippen MR) is 102 cm³/mol. The summed E-state index contributed by atoms with van der Waals surface area (Å²) in [5, 5.41) is 21.2. The second-order valence-electron chi connectivity index (χ2n) is 6.91. The molecule has 1 aliphatic carbocycles. The first-order valence-electron chi connectivity index (χ1n) is 8.90. The molecule has 6 nitrogen and oxygen atoms in total. The number of H-pyrrole nitrogens is 1. The van der Waals surface area contributed by atoms with Gasteiger partial charge in [0.25, 0.3) is 0 Å². The van der Waals surface area contributed by atoms with Crippen molar-refractivity contribution in [3.05, 3.63) is 65.2 Å². The molecule has 2 heterocycles. The van der Waals surface area contributed by atoms with E-state index in [9.17, 15) is 5.26 Å². The molecular weight excluding hydrogens is 338 g/mol. The van der Waals surface area contributed by atoms with Crippen molar-refractivity contribution in [1.29, 1.82) is 5.26 Å². The van der Waals surface area contributed by atoms with Gasteiger partial charge in [0.1, 0.15) is 5.69 Å². The van der Waals surface area contributed by atoms with Crippen LogP contribution >= 0.6 is 0 Å². The van der Waals surface area contributed by atoms with E-state index in [0.29, 0.717) is 5.76 Å². The quantitative estimate of drug-likeness (QED) is 0.565. The lowest BCUT2D eigenvalue weighted by molar-refractivity contribution is 0.570. The predicted octanol–water partition coefficient (Wildman–Crippen LogP) is 4.50. The number of aryl methyl sites for hydroxylation is 2. The minimum Gasteiger partial charge on any atom is -0.442 e. The average Bonchev–Trinajstić information content (AvgIpc) is 3.40. The van der Waals surface area contributed by atoms with Crippen LogP contribution in [0.1, 0.15) is 34.7 Å². The van der Waals surface area contributed by atoms with Gasteiger partial charge in [-0.2, -0.15) is 10.4 Å². The van der Waals surface area contributed by atoms with E-state index in [0.717, 1.165) is 40.7 Å². The highest BCUT2D eigenvalue weighted by Crippen LogP contribution is 2.37. The number of nitrogens with zero attached hydrogens (tertiary/aromatic N) is 3. The van der Waals surface area contributed by atoms with E-state index in [4.69, 9.17) is 4.42 Å². The zero-order valence-electron chi connectivity index (χ0n) is 14.8. The number of anilines is 1. The first-order chi connectivity index (χ1) is 13.2.